The number of hydrogen-bond donors (Lipinski definition) is 2. The van der Waals surface area contributed by atoms with E-state index in [0.29, 0.717) is 11.4 Å². The van der Waals surface area contributed by atoms with Gasteiger partial charge >= 0.3 is 0 Å². The van der Waals surface area contributed by atoms with Crippen molar-refractivity contribution < 1.29 is 9.59 Å². The van der Waals surface area contributed by atoms with Crippen LogP contribution in [0, 0.1) is 0 Å². The number of likely N-dealkylation sites (N-methyl/N-ethyl adjacent to an activating group) is 1. The third-order valence-electron chi connectivity index (χ3n) is 2.25. The molecule has 0 bridgehead atoms. The van der Waals surface area contributed by atoms with Crippen LogP contribution < -0.4 is 11.1 Å². The molecule has 1 heterocycles. The van der Waals surface area contributed by atoms with Crippen molar-refractivity contribution in [3.05, 3.63) is 20.8 Å². The van der Waals surface area contributed by atoms with Gasteiger partial charge in [-0.15, -0.1) is 23.7 Å². The highest BCUT2D eigenvalue weighted by Crippen LogP contribution is 2.22. The Bertz CT molecular complexity index is 474. The van der Waals surface area contributed by atoms with Crippen LogP contribution in [0.5, 0.6) is 0 Å². The van der Waals surface area contributed by atoms with Gasteiger partial charge in [-0.25, -0.2) is 0 Å². The van der Waals surface area contributed by atoms with Crippen molar-refractivity contribution in [1.29, 1.82) is 0 Å². The molecule has 0 atom stereocenters. The zero-order chi connectivity index (χ0) is 14.6. The Morgan fingerprint density at radius 2 is 2.05 bits per heavy atom. The van der Waals surface area contributed by atoms with E-state index >= 15 is 0 Å². The largest absolute Gasteiger partial charge is 0.353 e. The Morgan fingerprint density at radius 3 is 2.50 bits per heavy atom. The number of thiophene rings is 1. The number of halogens is 2. The van der Waals surface area contributed by atoms with E-state index in [-0.39, 0.29) is 30.8 Å². The van der Waals surface area contributed by atoms with E-state index in [9.17, 15) is 9.59 Å². The van der Waals surface area contributed by atoms with E-state index in [1.165, 1.54) is 16.2 Å². The molecule has 3 N–H and O–H groups in total. The molecule has 0 aliphatic heterocycles. The van der Waals surface area contributed by atoms with Gasteiger partial charge in [-0.2, -0.15) is 0 Å². The SMILES string of the molecule is CN(CC(=O)NCC(C)(C)N)C(=O)c1ccc(Br)s1.Cl. The molecule has 0 radical (unpaired) electrons. The van der Waals surface area contributed by atoms with Crippen molar-refractivity contribution in [2.24, 2.45) is 5.73 Å². The van der Waals surface area contributed by atoms with Crippen molar-refractivity contribution in [2.45, 2.75) is 19.4 Å². The second-order valence-corrected chi connectivity index (χ2v) is 7.49. The summed E-state index contributed by atoms with van der Waals surface area (Å²) in [6.07, 6.45) is 0. The van der Waals surface area contributed by atoms with E-state index < -0.39 is 5.54 Å². The van der Waals surface area contributed by atoms with Gasteiger partial charge in [0.2, 0.25) is 5.91 Å². The minimum absolute atomic E-state index is 0. The summed E-state index contributed by atoms with van der Waals surface area (Å²) in [7, 11) is 1.60. The van der Waals surface area contributed by atoms with Gasteiger partial charge in [0.15, 0.2) is 0 Å². The van der Waals surface area contributed by atoms with Crippen molar-refractivity contribution >= 4 is 51.5 Å². The second kappa shape index (κ2) is 7.97. The predicted molar refractivity (Wildman–Crippen MR) is 87.5 cm³/mol. The summed E-state index contributed by atoms with van der Waals surface area (Å²) in [6.45, 7) is 4.04. The number of rotatable bonds is 5. The van der Waals surface area contributed by atoms with Crippen LogP contribution in [0.1, 0.15) is 23.5 Å². The maximum atomic E-state index is 12.0. The first-order valence-corrected chi connectivity index (χ1v) is 7.36. The van der Waals surface area contributed by atoms with Gasteiger partial charge in [0.05, 0.1) is 15.2 Å². The van der Waals surface area contributed by atoms with Gasteiger partial charge in [0.25, 0.3) is 5.91 Å². The average molecular weight is 385 g/mol. The molecule has 0 saturated heterocycles. The van der Waals surface area contributed by atoms with Gasteiger partial charge in [-0.3, -0.25) is 9.59 Å². The third kappa shape index (κ3) is 6.69. The third-order valence-corrected chi connectivity index (χ3v) is 3.86. The number of nitrogens with two attached hydrogens (primary N) is 1. The minimum Gasteiger partial charge on any atom is -0.353 e. The average Bonchev–Trinajstić information content (AvgIpc) is 2.71. The van der Waals surface area contributed by atoms with Crippen molar-refractivity contribution in [3.63, 3.8) is 0 Å². The van der Waals surface area contributed by atoms with Crippen LogP contribution in [0.25, 0.3) is 0 Å². The lowest BCUT2D eigenvalue weighted by Gasteiger charge is -2.21. The van der Waals surface area contributed by atoms with E-state index in [1.54, 1.807) is 13.1 Å². The normalized spacial score (nSPS) is 10.7. The molecule has 1 rings (SSSR count). The summed E-state index contributed by atoms with van der Waals surface area (Å²) < 4.78 is 0.888. The number of amides is 2. The number of nitrogens with one attached hydrogen (secondary N) is 1. The van der Waals surface area contributed by atoms with Crippen LogP contribution in [-0.2, 0) is 4.79 Å². The first kappa shape index (κ1) is 19.4. The summed E-state index contributed by atoms with van der Waals surface area (Å²) in [5, 5.41) is 2.70. The number of carbonyl (C=O) groups is 2. The maximum absolute atomic E-state index is 12.0. The second-order valence-electron chi connectivity index (χ2n) is 5.03. The van der Waals surface area contributed by atoms with Crippen molar-refractivity contribution in [3.8, 4) is 0 Å². The fraction of sp³-hybridized carbons (Fsp3) is 0.500. The van der Waals surface area contributed by atoms with Gasteiger partial charge in [0, 0.05) is 19.1 Å². The Kier molecular flexibility index (Phi) is 7.72. The van der Waals surface area contributed by atoms with Crippen LogP contribution >= 0.6 is 39.7 Å². The maximum Gasteiger partial charge on any atom is 0.264 e. The molecule has 0 aromatic carbocycles. The molecule has 0 aliphatic rings. The van der Waals surface area contributed by atoms with Gasteiger partial charge in [-0.05, 0) is 41.9 Å². The molecule has 5 nitrogen and oxygen atoms in total. The van der Waals surface area contributed by atoms with Crippen LogP contribution in [0.3, 0.4) is 0 Å². The lowest BCUT2D eigenvalue weighted by atomic mass is 10.1. The minimum atomic E-state index is -0.461. The van der Waals surface area contributed by atoms with E-state index in [0.717, 1.165) is 3.79 Å². The zero-order valence-electron chi connectivity index (χ0n) is 11.6. The van der Waals surface area contributed by atoms with Crippen molar-refractivity contribution in [1.82, 2.24) is 10.2 Å². The lowest BCUT2D eigenvalue weighted by molar-refractivity contribution is -0.121. The van der Waals surface area contributed by atoms with Crippen molar-refractivity contribution in [2.75, 3.05) is 20.1 Å². The molecule has 2 amide bonds. The highest BCUT2D eigenvalue weighted by atomic mass is 79.9. The first-order chi connectivity index (χ1) is 8.69. The molecule has 1 aromatic rings. The van der Waals surface area contributed by atoms with Gasteiger partial charge in [-0.1, -0.05) is 0 Å². The number of hydrogen-bond acceptors (Lipinski definition) is 4. The zero-order valence-corrected chi connectivity index (χ0v) is 14.8. The molecular weight excluding hydrogens is 366 g/mol. The van der Waals surface area contributed by atoms with Gasteiger partial charge < -0.3 is 16.0 Å². The summed E-state index contributed by atoms with van der Waals surface area (Å²) >= 11 is 4.64. The van der Waals surface area contributed by atoms with Crippen LogP contribution in [0.15, 0.2) is 15.9 Å². The highest BCUT2D eigenvalue weighted by Gasteiger charge is 2.18. The van der Waals surface area contributed by atoms with E-state index in [4.69, 9.17) is 5.73 Å². The molecule has 0 fully saturated rings. The fourth-order valence-corrected chi connectivity index (χ4v) is 2.67. The Hall–Kier alpha value is -0.630. The topological polar surface area (TPSA) is 75.4 Å². The summed E-state index contributed by atoms with van der Waals surface area (Å²) in [6, 6.07) is 3.54. The molecule has 8 heteroatoms. The standard InChI is InChI=1S/C12H18BrN3O2S.ClH/c1-12(2,14)7-15-10(17)6-16(3)11(18)8-4-5-9(13)19-8;/h4-5H,6-7,14H2,1-3H3,(H,15,17);1H. The molecule has 0 saturated carbocycles. The van der Waals surface area contributed by atoms with Crippen LogP contribution in [-0.4, -0.2) is 42.4 Å². The van der Waals surface area contributed by atoms with E-state index in [2.05, 4.69) is 21.2 Å². The number of carbonyl (C=O) groups excluding carboxylic acids is 2. The number of nitrogens with zero attached hydrogens (tertiary/aromatic N) is 1. The Morgan fingerprint density at radius 1 is 1.45 bits per heavy atom. The van der Waals surface area contributed by atoms with Gasteiger partial charge in [0.1, 0.15) is 0 Å². The van der Waals surface area contributed by atoms with E-state index in [1.807, 2.05) is 19.9 Å². The molecule has 0 aliphatic carbocycles. The first-order valence-electron chi connectivity index (χ1n) is 5.75. The molecule has 1 aromatic heterocycles. The molecule has 0 unspecified atom stereocenters. The molecule has 20 heavy (non-hydrogen) atoms. The predicted octanol–water partition coefficient (Wildman–Crippen LogP) is 1.86. The molecule has 0 spiro atoms. The van der Waals surface area contributed by atoms with Crippen LogP contribution in [0.4, 0.5) is 0 Å². The molecular formula is C12H19BrClN3O2S. The molecule has 114 valence electrons. The smallest absolute Gasteiger partial charge is 0.264 e. The summed E-state index contributed by atoms with van der Waals surface area (Å²) in [5.41, 5.74) is 5.31. The fourth-order valence-electron chi connectivity index (χ4n) is 1.29. The summed E-state index contributed by atoms with van der Waals surface area (Å²) in [4.78, 5) is 25.7. The quantitative estimate of drug-likeness (QED) is 0.813. The highest BCUT2D eigenvalue weighted by molar-refractivity contribution is 9.11. The summed E-state index contributed by atoms with van der Waals surface area (Å²) in [5.74, 6) is -0.386. The van der Waals surface area contributed by atoms with Crippen LogP contribution in [0.2, 0.25) is 0 Å². The Labute approximate surface area is 137 Å². The Balaban J connectivity index is 0.00000361. The monoisotopic (exact) mass is 383 g/mol. The lowest BCUT2D eigenvalue weighted by Crippen LogP contribution is -2.47.